The van der Waals surface area contributed by atoms with Gasteiger partial charge in [0, 0.05) is 12.0 Å². The van der Waals surface area contributed by atoms with Gasteiger partial charge in [0.15, 0.2) is 0 Å². The summed E-state index contributed by atoms with van der Waals surface area (Å²) < 4.78 is 6.08. The second-order valence-electron chi connectivity index (χ2n) is 11.6. The zero-order chi connectivity index (χ0) is 24.9. The largest absolute Gasteiger partial charge is 0.448 e. The quantitative estimate of drug-likeness (QED) is 0.360. The van der Waals surface area contributed by atoms with E-state index >= 15 is 0 Å². The van der Waals surface area contributed by atoms with Crippen LogP contribution in [-0.2, 0) is 4.74 Å². The van der Waals surface area contributed by atoms with E-state index in [1.165, 1.54) is 45.0 Å². The summed E-state index contributed by atoms with van der Waals surface area (Å²) in [6.45, 7) is 7.58. The Bertz CT molecular complexity index is 1290. The second kappa shape index (κ2) is 9.08. The number of nitrogens with zero attached hydrogens (tertiary/aromatic N) is 1. The summed E-state index contributed by atoms with van der Waals surface area (Å²) >= 11 is 0. The Hall–Kier alpha value is -3.11. The monoisotopic (exact) mass is 493 g/mol. The molecule has 1 fully saturated rings. The molecule has 3 aromatic carbocycles. The fourth-order valence-electron chi connectivity index (χ4n) is 6.38. The lowest BCUT2D eigenvalue weighted by Crippen LogP contribution is -2.52. The molecular weight excluding hydrogens is 458 g/mol. The van der Waals surface area contributed by atoms with Gasteiger partial charge < -0.3 is 4.74 Å². The summed E-state index contributed by atoms with van der Waals surface area (Å²) in [6.07, 6.45) is 6.33. The number of hydrogen-bond acceptors (Lipinski definition) is 2. The molecule has 0 spiro atoms. The summed E-state index contributed by atoms with van der Waals surface area (Å²) in [7, 11) is -1.37. The number of hydrogen-bond donors (Lipinski definition) is 0. The van der Waals surface area contributed by atoms with Crippen molar-refractivity contribution in [3.05, 3.63) is 95.6 Å². The van der Waals surface area contributed by atoms with Crippen LogP contribution in [0.25, 0.3) is 16.7 Å². The number of carbonyl (C=O) groups is 1. The van der Waals surface area contributed by atoms with Gasteiger partial charge in [-0.2, -0.15) is 0 Å². The molecule has 1 saturated heterocycles. The van der Waals surface area contributed by atoms with Crippen LogP contribution in [0.15, 0.2) is 78.9 Å². The van der Waals surface area contributed by atoms with Gasteiger partial charge >= 0.3 is 6.09 Å². The fourth-order valence-corrected chi connectivity index (χ4v) is 7.57. The first-order valence-electron chi connectivity index (χ1n) is 13.3. The predicted octanol–water partition coefficient (Wildman–Crippen LogP) is 7.19. The normalized spacial score (nSPS) is 21.0. The third kappa shape index (κ3) is 4.11. The molecule has 0 aromatic heterocycles. The number of benzene rings is 3. The molecule has 2 unspecified atom stereocenters. The highest BCUT2D eigenvalue weighted by molar-refractivity contribution is 6.88. The van der Waals surface area contributed by atoms with Gasteiger partial charge in [-0.3, -0.25) is 4.90 Å². The van der Waals surface area contributed by atoms with Gasteiger partial charge in [-0.25, -0.2) is 4.79 Å². The molecule has 3 aromatic rings. The highest BCUT2D eigenvalue weighted by atomic mass is 28.3. The lowest BCUT2D eigenvalue weighted by Gasteiger charge is -2.44. The zero-order valence-corrected chi connectivity index (χ0v) is 22.5. The van der Waals surface area contributed by atoms with E-state index in [9.17, 15) is 4.79 Å². The summed E-state index contributed by atoms with van der Waals surface area (Å²) in [5.74, 6) is 0.0985. The SMILES string of the molecule is C[Si](C)(C)c1cccc(C2=CC3CCCC(C2)N3C(=O)OCC2c3ccccc3-c3ccccc32)c1. The van der Waals surface area contributed by atoms with E-state index in [0.29, 0.717) is 6.61 Å². The molecule has 2 atom stereocenters. The average molecular weight is 494 g/mol. The van der Waals surface area contributed by atoms with E-state index in [-0.39, 0.29) is 24.1 Å². The number of amides is 1. The Morgan fingerprint density at radius 3 is 2.28 bits per heavy atom. The maximum atomic E-state index is 13.5. The third-order valence-corrected chi connectivity index (χ3v) is 10.3. The maximum absolute atomic E-state index is 13.5. The van der Waals surface area contributed by atoms with Crippen LogP contribution in [0.2, 0.25) is 19.6 Å². The Morgan fingerprint density at radius 2 is 1.61 bits per heavy atom. The van der Waals surface area contributed by atoms with Crippen LogP contribution in [0, 0.1) is 0 Å². The van der Waals surface area contributed by atoms with Crippen molar-refractivity contribution in [2.75, 3.05) is 6.61 Å². The molecule has 4 heteroatoms. The van der Waals surface area contributed by atoms with Crippen molar-refractivity contribution in [3.8, 4) is 11.1 Å². The van der Waals surface area contributed by atoms with Gasteiger partial charge in [-0.05, 0) is 59.1 Å². The zero-order valence-electron chi connectivity index (χ0n) is 21.5. The number of carbonyl (C=O) groups excluding carboxylic acids is 1. The third-order valence-electron chi connectivity index (χ3n) is 8.28. The minimum atomic E-state index is -1.37. The van der Waals surface area contributed by atoms with Gasteiger partial charge in [-0.1, -0.05) is 104 Å². The number of fused-ring (bicyclic) bond motifs is 5. The predicted molar refractivity (Wildman–Crippen MR) is 150 cm³/mol. The molecule has 184 valence electrons. The first kappa shape index (κ1) is 23.3. The average Bonchev–Trinajstić information content (AvgIpc) is 3.20. The van der Waals surface area contributed by atoms with Crippen molar-refractivity contribution in [3.63, 3.8) is 0 Å². The van der Waals surface area contributed by atoms with E-state index in [0.717, 1.165) is 19.3 Å². The van der Waals surface area contributed by atoms with Gasteiger partial charge in [0.1, 0.15) is 6.61 Å². The Labute approximate surface area is 215 Å². The molecule has 36 heavy (non-hydrogen) atoms. The van der Waals surface area contributed by atoms with Crippen molar-refractivity contribution in [2.45, 2.75) is 63.3 Å². The van der Waals surface area contributed by atoms with Crippen LogP contribution in [-0.4, -0.2) is 37.8 Å². The van der Waals surface area contributed by atoms with E-state index in [1.807, 2.05) is 4.90 Å². The van der Waals surface area contributed by atoms with E-state index in [4.69, 9.17) is 4.74 Å². The van der Waals surface area contributed by atoms with Crippen LogP contribution in [0.4, 0.5) is 4.79 Å². The topological polar surface area (TPSA) is 29.5 Å². The molecule has 1 aliphatic carbocycles. The van der Waals surface area contributed by atoms with Crippen molar-refractivity contribution in [1.82, 2.24) is 4.90 Å². The molecule has 3 aliphatic rings. The first-order chi connectivity index (χ1) is 17.4. The summed E-state index contributed by atoms with van der Waals surface area (Å²) in [5.41, 5.74) is 7.77. The molecule has 1 amide bonds. The van der Waals surface area contributed by atoms with Crippen LogP contribution >= 0.6 is 0 Å². The van der Waals surface area contributed by atoms with Gasteiger partial charge in [0.2, 0.25) is 0 Å². The van der Waals surface area contributed by atoms with Crippen molar-refractivity contribution < 1.29 is 9.53 Å². The molecule has 0 N–H and O–H groups in total. The number of ether oxygens (including phenoxy) is 1. The Kier molecular flexibility index (Phi) is 5.87. The molecule has 2 aliphatic heterocycles. The highest BCUT2D eigenvalue weighted by Gasteiger charge is 2.39. The molecular formula is C32H35NO2Si. The minimum absolute atomic E-state index is 0.0985. The molecule has 6 rings (SSSR count). The van der Waals surface area contributed by atoms with Crippen LogP contribution in [0.5, 0.6) is 0 Å². The Balaban J connectivity index is 1.22. The van der Waals surface area contributed by atoms with Crippen molar-refractivity contribution >= 4 is 24.9 Å². The maximum Gasteiger partial charge on any atom is 0.410 e. The van der Waals surface area contributed by atoms with Crippen molar-refractivity contribution in [1.29, 1.82) is 0 Å². The summed E-state index contributed by atoms with van der Waals surface area (Å²) in [5, 5.41) is 1.49. The van der Waals surface area contributed by atoms with Crippen LogP contribution < -0.4 is 5.19 Å². The van der Waals surface area contributed by atoms with E-state index < -0.39 is 8.07 Å². The van der Waals surface area contributed by atoms with E-state index in [1.54, 1.807) is 0 Å². The summed E-state index contributed by atoms with van der Waals surface area (Å²) in [4.78, 5) is 15.5. The minimum Gasteiger partial charge on any atom is -0.448 e. The lowest BCUT2D eigenvalue weighted by atomic mass is 9.83. The van der Waals surface area contributed by atoms with Gasteiger partial charge in [-0.15, -0.1) is 0 Å². The molecule has 2 heterocycles. The molecule has 0 radical (unpaired) electrons. The molecule has 3 nitrogen and oxygen atoms in total. The first-order valence-corrected chi connectivity index (χ1v) is 16.8. The second-order valence-corrected chi connectivity index (χ2v) is 16.7. The van der Waals surface area contributed by atoms with Gasteiger partial charge in [0.25, 0.3) is 0 Å². The standard InChI is InChI=1S/C32H35NO2Si/c1-36(2,3)26-13-8-10-22(20-26)23-18-24-11-9-12-25(19-23)33(24)32(34)35-21-31-29-16-6-4-14-27(29)28-15-5-7-17-30(28)31/h4-8,10,13-18,20,24-25,31H,9,11-12,19,21H2,1-3H3. The number of rotatable bonds is 4. The smallest absolute Gasteiger partial charge is 0.410 e. The Morgan fingerprint density at radius 1 is 0.917 bits per heavy atom. The van der Waals surface area contributed by atoms with Gasteiger partial charge in [0.05, 0.1) is 14.1 Å². The molecule has 2 bridgehead atoms. The number of piperidine rings is 1. The lowest BCUT2D eigenvalue weighted by molar-refractivity contribution is 0.0539. The molecule has 0 saturated carbocycles. The van der Waals surface area contributed by atoms with E-state index in [2.05, 4.69) is 98.5 Å². The van der Waals surface area contributed by atoms with Crippen molar-refractivity contribution in [2.24, 2.45) is 0 Å². The highest BCUT2D eigenvalue weighted by Crippen LogP contribution is 2.45. The van der Waals surface area contributed by atoms with Crippen LogP contribution in [0.3, 0.4) is 0 Å². The fraction of sp³-hybridized carbons (Fsp3) is 0.344. The van der Waals surface area contributed by atoms with Crippen LogP contribution in [0.1, 0.15) is 48.3 Å². The summed E-state index contributed by atoms with van der Waals surface area (Å²) in [6, 6.07) is 26.5.